The standard InChI is InChI=1S/C12H18O6/c13-6-9(14)16-8-7-15-11-10(8)17-12(18-11)4-2-1-3-5-12/h8,10-11,13H,1-7H2. The molecule has 0 aromatic rings. The molecule has 1 N–H and O–H groups in total. The van der Waals surface area contributed by atoms with Crippen molar-refractivity contribution in [2.75, 3.05) is 13.2 Å². The van der Waals surface area contributed by atoms with Gasteiger partial charge in [0.25, 0.3) is 0 Å². The largest absolute Gasteiger partial charge is 0.455 e. The molecular formula is C12H18O6. The van der Waals surface area contributed by atoms with Crippen molar-refractivity contribution in [2.45, 2.75) is 56.4 Å². The average Bonchev–Trinajstić information content (AvgIpc) is 2.89. The molecule has 3 unspecified atom stereocenters. The maximum atomic E-state index is 11.1. The van der Waals surface area contributed by atoms with E-state index in [2.05, 4.69) is 0 Å². The lowest BCUT2D eigenvalue weighted by molar-refractivity contribution is -0.237. The lowest BCUT2D eigenvalue weighted by Crippen LogP contribution is -2.38. The molecule has 1 aliphatic carbocycles. The predicted octanol–water partition coefficient (Wildman–Crippen LogP) is 0.323. The first kappa shape index (κ1) is 12.3. The van der Waals surface area contributed by atoms with Crippen molar-refractivity contribution in [2.24, 2.45) is 0 Å². The number of esters is 1. The van der Waals surface area contributed by atoms with Crippen LogP contribution in [0.5, 0.6) is 0 Å². The SMILES string of the molecule is O=C(CO)OC1COC2OC3(CCCCC3)OC12. The van der Waals surface area contributed by atoms with E-state index in [-0.39, 0.29) is 12.7 Å². The zero-order valence-corrected chi connectivity index (χ0v) is 10.2. The van der Waals surface area contributed by atoms with Crippen LogP contribution in [0.4, 0.5) is 0 Å². The number of aliphatic hydroxyl groups excluding tert-OH is 1. The Balaban J connectivity index is 1.64. The highest BCUT2D eigenvalue weighted by molar-refractivity contribution is 5.70. The summed E-state index contributed by atoms with van der Waals surface area (Å²) in [4.78, 5) is 11.1. The van der Waals surface area contributed by atoms with Gasteiger partial charge in [-0.05, 0) is 12.8 Å². The van der Waals surface area contributed by atoms with Gasteiger partial charge in [0.2, 0.25) is 0 Å². The summed E-state index contributed by atoms with van der Waals surface area (Å²) in [5.41, 5.74) is 0. The number of rotatable bonds is 2. The third kappa shape index (κ3) is 2.14. The zero-order valence-electron chi connectivity index (χ0n) is 10.2. The van der Waals surface area contributed by atoms with Gasteiger partial charge in [0.15, 0.2) is 24.3 Å². The lowest BCUT2D eigenvalue weighted by Gasteiger charge is -2.32. The third-order valence-corrected chi connectivity index (χ3v) is 3.77. The van der Waals surface area contributed by atoms with E-state index < -0.39 is 30.8 Å². The van der Waals surface area contributed by atoms with Crippen molar-refractivity contribution in [3.05, 3.63) is 0 Å². The smallest absolute Gasteiger partial charge is 0.332 e. The quantitative estimate of drug-likeness (QED) is 0.719. The second kappa shape index (κ2) is 4.77. The van der Waals surface area contributed by atoms with Gasteiger partial charge in [0, 0.05) is 12.8 Å². The molecule has 3 atom stereocenters. The molecule has 0 radical (unpaired) electrons. The monoisotopic (exact) mass is 258 g/mol. The minimum Gasteiger partial charge on any atom is -0.455 e. The number of carbonyl (C=O) groups is 1. The van der Waals surface area contributed by atoms with E-state index in [4.69, 9.17) is 24.1 Å². The van der Waals surface area contributed by atoms with Gasteiger partial charge in [-0.1, -0.05) is 6.42 Å². The van der Waals surface area contributed by atoms with Crippen molar-refractivity contribution >= 4 is 5.97 Å². The summed E-state index contributed by atoms with van der Waals surface area (Å²) in [6.45, 7) is -0.364. The first-order valence-electron chi connectivity index (χ1n) is 6.50. The van der Waals surface area contributed by atoms with Gasteiger partial charge in [-0.3, -0.25) is 0 Å². The molecule has 0 aromatic carbocycles. The molecule has 2 heterocycles. The van der Waals surface area contributed by atoms with E-state index in [1.54, 1.807) is 0 Å². The fourth-order valence-corrected chi connectivity index (χ4v) is 2.91. The maximum absolute atomic E-state index is 11.1. The topological polar surface area (TPSA) is 74.2 Å². The highest BCUT2D eigenvalue weighted by Gasteiger charge is 2.55. The van der Waals surface area contributed by atoms with E-state index in [0.717, 1.165) is 25.7 Å². The fourth-order valence-electron chi connectivity index (χ4n) is 2.91. The molecule has 1 spiro atoms. The summed E-state index contributed by atoms with van der Waals surface area (Å²) in [7, 11) is 0. The molecule has 18 heavy (non-hydrogen) atoms. The second-order valence-electron chi connectivity index (χ2n) is 5.06. The zero-order chi connectivity index (χ0) is 12.6. The number of aliphatic hydroxyl groups is 1. The predicted molar refractivity (Wildman–Crippen MR) is 58.5 cm³/mol. The molecule has 0 amide bonds. The Kier molecular flexibility index (Phi) is 3.27. The van der Waals surface area contributed by atoms with Crippen LogP contribution in [0.2, 0.25) is 0 Å². The Morgan fingerprint density at radius 1 is 1.28 bits per heavy atom. The van der Waals surface area contributed by atoms with Crippen LogP contribution in [-0.4, -0.2) is 48.6 Å². The summed E-state index contributed by atoms with van der Waals surface area (Å²) in [5, 5.41) is 8.69. The van der Waals surface area contributed by atoms with E-state index in [0.29, 0.717) is 0 Å². The molecule has 102 valence electrons. The van der Waals surface area contributed by atoms with Crippen molar-refractivity contribution in [1.29, 1.82) is 0 Å². The van der Waals surface area contributed by atoms with E-state index in [1.807, 2.05) is 0 Å². The fraction of sp³-hybridized carbons (Fsp3) is 0.917. The molecule has 6 heteroatoms. The highest BCUT2D eigenvalue weighted by atomic mass is 16.8. The molecule has 3 aliphatic rings. The van der Waals surface area contributed by atoms with Gasteiger partial charge in [-0.15, -0.1) is 0 Å². The Bertz CT molecular complexity index is 325. The number of hydrogen-bond acceptors (Lipinski definition) is 6. The van der Waals surface area contributed by atoms with Crippen molar-refractivity contribution in [1.82, 2.24) is 0 Å². The normalized spacial score (nSPS) is 37.7. The van der Waals surface area contributed by atoms with Gasteiger partial charge in [0.05, 0.1) is 6.61 Å². The lowest BCUT2D eigenvalue weighted by atomic mass is 9.94. The van der Waals surface area contributed by atoms with E-state index in [9.17, 15) is 4.79 Å². The van der Waals surface area contributed by atoms with Crippen LogP contribution in [0.15, 0.2) is 0 Å². The van der Waals surface area contributed by atoms with Crippen LogP contribution in [-0.2, 0) is 23.7 Å². The Morgan fingerprint density at radius 3 is 2.78 bits per heavy atom. The molecule has 0 bridgehead atoms. The maximum Gasteiger partial charge on any atom is 0.332 e. The van der Waals surface area contributed by atoms with E-state index >= 15 is 0 Å². The minimum atomic E-state index is -0.655. The van der Waals surface area contributed by atoms with Gasteiger partial charge >= 0.3 is 5.97 Å². The molecular weight excluding hydrogens is 240 g/mol. The van der Waals surface area contributed by atoms with E-state index in [1.165, 1.54) is 6.42 Å². The van der Waals surface area contributed by atoms with Crippen LogP contribution < -0.4 is 0 Å². The highest BCUT2D eigenvalue weighted by Crippen LogP contribution is 2.44. The molecule has 3 rings (SSSR count). The van der Waals surface area contributed by atoms with Crippen LogP contribution in [0.25, 0.3) is 0 Å². The summed E-state index contributed by atoms with van der Waals surface area (Å²) >= 11 is 0. The first-order valence-corrected chi connectivity index (χ1v) is 6.50. The summed E-state index contributed by atoms with van der Waals surface area (Å²) in [5.74, 6) is -1.20. The van der Waals surface area contributed by atoms with Crippen molar-refractivity contribution in [3.8, 4) is 0 Å². The number of fused-ring (bicyclic) bond motifs is 1. The molecule has 0 aromatic heterocycles. The first-order chi connectivity index (χ1) is 8.72. The van der Waals surface area contributed by atoms with Gasteiger partial charge in [-0.2, -0.15) is 0 Å². The number of ether oxygens (including phenoxy) is 4. The Hall–Kier alpha value is -0.690. The Labute approximate surface area is 105 Å². The summed E-state index contributed by atoms with van der Waals surface area (Å²) < 4.78 is 22.4. The summed E-state index contributed by atoms with van der Waals surface area (Å²) in [6, 6.07) is 0. The van der Waals surface area contributed by atoms with Gasteiger partial charge in [-0.25, -0.2) is 4.79 Å². The van der Waals surface area contributed by atoms with Crippen LogP contribution in [0, 0.1) is 0 Å². The van der Waals surface area contributed by atoms with Crippen LogP contribution in [0.1, 0.15) is 32.1 Å². The van der Waals surface area contributed by atoms with Crippen molar-refractivity contribution < 1.29 is 28.8 Å². The number of carbonyl (C=O) groups excluding carboxylic acids is 1. The van der Waals surface area contributed by atoms with Gasteiger partial charge < -0.3 is 24.1 Å². The molecule has 6 nitrogen and oxygen atoms in total. The molecule has 3 fully saturated rings. The molecule has 2 aliphatic heterocycles. The van der Waals surface area contributed by atoms with Crippen LogP contribution >= 0.6 is 0 Å². The molecule has 2 saturated heterocycles. The Morgan fingerprint density at radius 2 is 2.06 bits per heavy atom. The average molecular weight is 258 g/mol. The van der Waals surface area contributed by atoms with Crippen molar-refractivity contribution in [3.63, 3.8) is 0 Å². The summed E-state index contributed by atoms with van der Waals surface area (Å²) in [6.07, 6.45) is 3.82. The number of hydrogen-bond donors (Lipinski definition) is 1. The third-order valence-electron chi connectivity index (χ3n) is 3.77. The minimum absolute atomic E-state index is 0.261. The molecule has 1 saturated carbocycles. The second-order valence-corrected chi connectivity index (χ2v) is 5.06. The van der Waals surface area contributed by atoms with Gasteiger partial charge in [0.1, 0.15) is 6.61 Å². The van der Waals surface area contributed by atoms with Crippen LogP contribution in [0.3, 0.4) is 0 Å².